The van der Waals surface area contributed by atoms with Crippen LogP contribution in [0.5, 0.6) is 5.75 Å². The van der Waals surface area contributed by atoms with Crippen molar-refractivity contribution in [2.24, 2.45) is 5.92 Å². The van der Waals surface area contributed by atoms with Gasteiger partial charge in [0.15, 0.2) is 0 Å². The van der Waals surface area contributed by atoms with Crippen LogP contribution < -0.4 is 15.4 Å². The monoisotopic (exact) mass is 340 g/mol. The maximum Gasteiger partial charge on any atom is 0.239 e. The van der Waals surface area contributed by atoms with Crippen molar-refractivity contribution >= 4 is 11.6 Å². The summed E-state index contributed by atoms with van der Waals surface area (Å²) in [5.41, 5.74) is 1.96. The number of amides is 1. The Morgan fingerprint density at radius 2 is 1.72 bits per heavy atom. The molecule has 1 unspecified atom stereocenters. The first-order valence-electron chi connectivity index (χ1n) is 8.90. The highest BCUT2D eigenvalue weighted by Gasteiger charge is 2.13. The Kier molecular flexibility index (Phi) is 7.33. The van der Waals surface area contributed by atoms with Gasteiger partial charge in [-0.1, -0.05) is 63.2 Å². The molecule has 0 aromatic heterocycles. The van der Waals surface area contributed by atoms with E-state index in [-0.39, 0.29) is 18.5 Å². The van der Waals surface area contributed by atoms with Crippen LogP contribution in [0.1, 0.15) is 38.8 Å². The molecule has 2 N–H and O–H groups in total. The number of ether oxygens (including phenoxy) is 1. The third-order valence-electron chi connectivity index (χ3n) is 3.84. The molecule has 0 aliphatic rings. The van der Waals surface area contributed by atoms with E-state index in [1.165, 1.54) is 0 Å². The fourth-order valence-corrected chi connectivity index (χ4v) is 2.52. The van der Waals surface area contributed by atoms with Gasteiger partial charge in [-0.2, -0.15) is 0 Å². The molecule has 0 fully saturated rings. The van der Waals surface area contributed by atoms with E-state index in [2.05, 4.69) is 31.4 Å². The third-order valence-corrected chi connectivity index (χ3v) is 3.84. The van der Waals surface area contributed by atoms with E-state index in [9.17, 15) is 4.79 Å². The van der Waals surface area contributed by atoms with Gasteiger partial charge in [0.05, 0.1) is 24.9 Å². The van der Waals surface area contributed by atoms with Gasteiger partial charge in [0, 0.05) is 0 Å². The van der Waals surface area contributed by atoms with E-state index in [4.69, 9.17) is 4.74 Å². The number of hydrogen-bond acceptors (Lipinski definition) is 3. The lowest BCUT2D eigenvalue weighted by Crippen LogP contribution is -2.33. The Balaban J connectivity index is 1.91. The van der Waals surface area contributed by atoms with Gasteiger partial charge >= 0.3 is 0 Å². The first kappa shape index (κ1) is 18.8. The van der Waals surface area contributed by atoms with Crippen molar-refractivity contribution in [1.82, 2.24) is 5.32 Å². The van der Waals surface area contributed by atoms with Gasteiger partial charge in [0.2, 0.25) is 5.91 Å². The first-order valence-corrected chi connectivity index (χ1v) is 8.90. The van der Waals surface area contributed by atoms with E-state index in [0.29, 0.717) is 12.5 Å². The Labute approximate surface area is 150 Å². The lowest BCUT2D eigenvalue weighted by Gasteiger charge is -2.18. The van der Waals surface area contributed by atoms with Crippen molar-refractivity contribution in [3.05, 3.63) is 60.2 Å². The zero-order chi connectivity index (χ0) is 18.1. The SMILES string of the molecule is CCC(NC(=O)CNc1ccccc1OCC(C)C)c1ccccc1. The molecule has 0 heterocycles. The van der Waals surface area contributed by atoms with Gasteiger partial charge in [-0.25, -0.2) is 0 Å². The average Bonchev–Trinajstić information content (AvgIpc) is 2.64. The van der Waals surface area contributed by atoms with Gasteiger partial charge < -0.3 is 15.4 Å². The highest BCUT2D eigenvalue weighted by Crippen LogP contribution is 2.24. The fraction of sp³-hybridized carbons (Fsp3) is 0.381. The quantitative estimate of drug-likeness (QED) is 0.711. The standard InChI is InChI=1S/C21H28N2O2/c1-4-18(17-10-6-5-7-11-17)23-21(24)14-22-19-12-8-9-13-20(19)25-15-16(2)3/h5-13,16,18,22H,4,14-15H2,1-3H3,(H,23,24). The minimum Gasteiger partial charge on any atom is -0.491 e. The molecule has 0 bridgehead atoms. The zero-order valence-corrected chi connectivity index (χ0v) is 15.3. The number of anilines is 1. The molecule has 1 amide bonds. The number of benzene rings is 2. The van der Waals surface area contributed by atoms with Crippen LogP contribution in [-0.2, 0) is 4.79 Å². The van der Waals surface area contributed by atoms with Gasteiger partial charge in [0.1, 0.15) is 5.75 Å². The topological polar surface area (TPSA) is 50.4 Å². The van der Waals surface area contributed by atoms with E-state index >= 15 is 0 Å². The maximum atomic E-state index is 12.3. The fourth-order valence-electron chi connectivity index (χ4n) is 2.52. The zero-order valence-electron chi connectivity index (χ0n) is 15.3. The number of carbonyl (C=O) groups excluding carboxylic acids is 1. The summed E-state index contributed by atoms with van der Waals surface area (Å²) in [6.07, 6.45) is 0.851. The van der Waals surface area contributed by atoms with Gasteiger partial charge in [-0.3, -0.25) is 4.79 Å². The van der Waals surface area contributed by atoms with E-state index in [1.54, 1.807) is 0 Å². The van der Waals surface area contributed by atoms with E-state index in [1.807, 2.05) is 54.6 Å². The predicted octanol–water partition coefficient (Wildman–Crippen LogP) is 4.40. The maximum absolute atomic E-state index is 12.3. The first-order chi connectivity index (χ1) is 12.1. The minimum absolute atomic E-state index is 0.0305. The minimum atomic E-state index is -0.0330. The normalized spacial score (nSPS) is 11.8. The molecular formula is C21H28N2O2. The number of nitrogens with one attached hydrogen (secondary N) is 2. The largest absolute Gasteiger partial charge is 0.491 e. The molecule has 25 heavy (non-hydrogen) atoms. The van der Waals surface area contributed by atoms with Crippen LogP contribution in [0.2, 0.25) is 0 Å². The highest BCUT2D eigenvalue weighted by molar-refractivity contribution is 5.81. The Hall–Kier alpha value is -2.49. The van der Waals surface area contributed by atoms with Crippen LogP contribution in [0.3, 0.4) is 0 Å². The number of hydrogen-bond donors (Lipinski definition) is 2. The summed E-state index contributed by atoms with van der Waals surface area (Å²) in [6, 6.07) is 17.8. The summed E-state index contributed by atoms with van der Waals surface area (Å²) in [5, 5.41) is 6.26. The van der Waals surface area contributed by atoms with Crippen molar-refractivity contribution in [1.29, 1.82) is 0 Å². The number of rotatable bonds is 9. The predicted molar refractivity (Wildman–Crippen MR) is 103 cm³/mol. The molecule has 1 atom stereocenters. The van der Waals surface area contributed by atoms with Crippen molar-refractivity contribution in [3.8, 4) is 5.75 Å². The summed E-state index contributed by atoms with van der Waals surface area (Å²) in [5.74, 6) is 1.20. The molecule has 2 aromatic carbocycles. The van der Waals surface area contributed by atoms with Crippen molar-refractivity contribution in [2.45, 2.75) is 33.2 Å². The summed E-state index contributed by atoms with van der Waals surface area (Å²) < 4.78 is 5.81. The molecule has 2 rings (SSSR count). The second-order valence-corrected chi connectivity index (χ2v) is 6.49. The van der Waals surface area contributed by atoms with Crippen molar-refractivity contribution in [3.63, 3.8) is 0 Å². The number of carbonyl (C=O) groups is 1. The van der Waals surface area contributed by atoms with Crippen LogP contribution in [0.25, 0.3) is 0 Å². The molecule has 0 saturated carbocycles. The van der Waals surface area contributed by atoms with Crippen LogP contribution in [0.15, 0.2) is 54.6 Å². The molecular weight excluding hydrogens is 312 g/mol. The molecule has 0 aliphatic heterocycles. The lowest BCUT2D eigenvalue weighted by atomic mass is 10.0. The van der Waals surface area contributed by atoms with Gasteiger partial charge in [0.25, 0.3) is 0 Å². The van der Waals surface area contributed by atoms with Gasteiger partial charge in [-0.05, 0) is 30.0 Å². The molecule has 2 aromatic rings. The van der Waals surface area contributed by atoms with Crippen molar-refractivity contribution < 1.29 is 9.53 Å². The van der Waals surface area contributed by atoms with Crippen LogP contribution in [-0.4, -0.2) is 19.1 Å². The summed E-state index contributed by atoms with van der Waals surface area (Å²) in [4.78, 5) is 12.3. The summed E-state index contributed by atoms with van der Waals surface area (Å²) in [7, 11) is 0. The molecule has 0 radical (unpaired) electrons. The molecule has 0 spiro atoms. The molecule has 0 aliphatic carbocycles. The average molecular weight is 340 g/mol. The van der Waals surface area contributed by atoms with Crippen LogP contribution in [0, 0.1) is 5.92 Å². The molecule has 0 saturated heterocycles. The summed E-state index contributed by atoms with van der Waals surface area (Å²) >= 11 is 0. The highest BCUT2D eigenvalue weighted by atomic mass is 16.5. The number of para-hydroxylation sites is 2. The third kappa shape index (κ3) is 6.14. The van der Waals surface area contributed by atoms with E-state index in [0.717, 1.165) is 23.4 Å². The molecule has 4 heteroatoms. The van der Waals surface area contributed by atoms with Crippen LogP contribution >= 0.6 is 0 Å². The molecule has 134 valence electrons. The Morgan fingerprint density at radius 1 is 1.04 bits per heavy atom. The lowest BCUT2D eigenvalue weighted by molar-refractivity contribution is -0.120. The summed E-state index contributed by atoms with van der Waals surface area (Å²) in [6.45, 7) is 7.15. The van der Waals surface area contributed by atoms with E-state index < -0.39 is 0 Å². The second-order valence-electron chi connectivity index (χ2n) is 6.49. The van der Waals surface area contributed by atoms with Gasteiger partial charge in [-0.15, -0.1) is 0 Å². The van der Waals surface area contributed by atoms with Crippen molar-refractivity contribution in [2.75, 3.05) is 18.5 Å². The van der Waals surface area contributed by atoms with Crippen LogP contribution in [0.4, 0.5) is 5.69 Å². The smallest absolute Gasteiger partial charge is 0.239 e. The second kappa shape index (κ2) is 9.72. The Morgan fingerprint density at radius 3 is 2.40 bits per heavy atom. The molecule has 4 nitrogen and oxygen atoms in total. The Bertz CT molecular complexity index is 656.